The Bertz CT molecular complexity index is 35.2. The summed E-state index contributed by atoms with van der Waals surface area (Å²) < 4.78 is 0. The van der Waals surface area contributed by atoms with Crippen molar-refractivity contribution >= 4 is 14.1 Å². The number of rotatable bonds is 3. The van der Waals surface area contributed by atoms with E-state index >= 15 is 0 Å². The fourth-order valence-electron chi connectivity index (χ4n) is 0.500. The van der Waals surface area contributed by atoms with Crippen molar-refractivity contribution in [3.05, 3.63) is 0 Å². The van der Waals surface area contributed by atoms with Gasteiger partial charge in [0.1, 0.15) is 0 Å². The third kappa shape index (κ3) is 38.8. The van der Waals surface area contributed by atoms with Crippen LogP contribution < -0.4 is 0 Å². The van der Waals surface area contributed by atoms with Gasteiger partial charge in [-0.05, 0) is 0 Å². The van der Waals surface area contributed by atoms with Gasteiger partial charge in [0, 0.05) is 0 Å². The van der Waals surface area contributed by atoms with Gasteiger partial charge in [-0.15, -0.1) is 17.4 Å². The van der Waals surface area contributed by atoms with Crippen LogP contribution in [0.3, 0.4) is 0 Å². The van der Waals surface area contributed by atoms with Crippen LogP contribution >= 0.6 is 0 Å². The maximum absolute atomic E-state index is 2.31. The molecule has 0 amide bonds. The summed E-state index contributed by atoms with van der Waals surface area (Å²) in [5, 5.41) is 0. The average Bonchev–Trinajstić information content (AvgIpc) is 1.82. The molecular weight excluding hydrogens is 135 g/mol. The third-order valence-electron chi connectivity index (χ3n) is 0.957. The smallest absolute Gasteiger partial charge is 0.106 e. The number of hydrogen-bond acceptors (Lipinski definition) is 0. The predicted molar refractivity (Wildman–Crippen MR) is 53.2 cm³/mol. The van der Waals surface area contributed by atoms with E-state index in [0.717, 1.165) is 0 Å². The van der Waals surface area contributed by atoms with E-state index in [1.165, 1.54) is 25.7 Å². The van der Waals surface area contributed by atoms with Crippen molar-refractivity contribution < 1.29 is 0 Å². The molecule has 0 saturated carbocycles. The maximum atomic E-state index is 2.31. The molecule has 0 spiro atoms. The van der Waals surface area contributed by atoms with Gasteiger partial charge in [0.2, 0.25) is 0 Å². The Hall–Kier alpha value is 0.532. The SMILES string of the molecule is CCCCCC.[CH3][Al]([CH3])[CH3]. The third-order valence-corrected chi connectivity index (χ3v) is 0.957. The van der Waals surface area contributed by atoms with Crippen LogP contribution in [0.15, 0.2) is 0 Å². The van der Waals surface area contributed by atoms with Crippen LogP contribution in [0.4, 0.5) is 0 Å². The Labute approximate surface area is 71.4 Å². The van der Waals surface area contributed by atoms with Crippen LogP contribution in [0, 0.1) is 0 Å². The molecule has 0 rings (SSSR count). The lowest BCUT2D eigenvalue weighted by Gasteiger charge is -1.86. The van der Waals surface area contributed by atoms with Crippen molar-refractivity contribution in [2.75, 3.05) is 0 Å². The minimum atomic E-state index is -0.139. The Balaban J connectivity index is 0. The van der Waals surface area contributed by atoms with Crippen molar-refractivity contribution in [1.82, 2.24) is 0 Å². The number of unbranched alkanes of at least 4 members (excludes halogenated alkanes) is 3. The molecule has 0 aromatic carbocycles. The van der Waals surface area contributed by atoms with E-state index < -0.39 is 0 Å². The molecule has 0 aromatic rings. The first-order chi connectivity index (χ1) is 4.65. The zero-order chi connectivity index (χ0) is 8.41. The molecular formula is C9H23Al. The van der Waals surface area contributed by atoms with Gasteiger partial charge in [-0.1, -0.05) is 39.5 Å². The fourth-order valence-corrected chi connectivity index (χ4v) is 0.500. The van der Waals surface area contributed by atoms with E-state index in [-0.39, 0.29) is 14.1 Å². The molecule has 10 heavy (non-hydrogen) atoms. The summed E-state index contributed by atoms with van der Waals surface area (Å²) in [6, 6.07) is 0. The lowest BCUT2D eigenvalue weighted by atomic mass is 10.2. The standard InChI is InChI=1S/C6H14.3CH3.Al/c1-3-5-6-4-2;;;;/h3-6H2,1-2H3;3*1H3;. The zero-order valence-corrected chi connectivity index (χ0v) is 9.56. The van der Waals surface area contributed by atoms with Gasteiger partial charge in [0.15, 0.2) is 0 Å². The van der Waals surface area contributed by atoms with Gasteiger partial charge >= 0.3 is 0 Å². The molecule has 0 aliphatic carbocycles. The summed E-state index contributed by atoms with van der Waals surface area (Å²) in [4.78, 5) is 0. The van der Waals surface area contributed by atoms with Gasteiger partial charge in [0.25, 0.3) is 14.1 Å². The van der Waals surface area contributed by atoms with E-state index in [9.17, 15) is 0 Å². The molecule has 0 unspecified atom stereocenters. The Morgan fingerprint density at radius 3 is 1.10 bits per heavy atom. The summed E-state index contributed by atoms with van der Waals surface area (Å²) >= 11 is -0.139. The topological polar surface area (TPSA) is 0 Å². The fraction of sp³-hybridized carbons (Fsp3) is 1.00. The molecule has 62 valence electrons. The van der Waals surface area contributed by atoms with Crippen LogP contribution in [0.2, 0.25) is 17.4 Å². The van der Waals surface area contributed by atoms with Gasteiger partial charge in [-0.25, -0.2) is 0 Å². The van der Waals surface area contributed by atoms with Crippen molar-refractivity contribution in [2.45, 2.75) is 56.9 Å². The predicted octanol–water partition coefficient (Wildman–Crippen LogP) is 3.96. The lowest BCUT2D eigenvalue weighted by Crippen LogP contribution is -1.84. The maximum Gasteiger partial charge on any atom is 0.251 e. The Kier molecular flexibility index (Phi) is 16.1. The Morgan fingerprint density at radius 2 is 1.00 bits per heavy atom. The van der Waals surface area contributed by atoms with Crippen molar-refractivity contribution in [3.63, 3.8) is 0 Å². The van der Waals surface area contributed by atoms with Crippen molar-refractivity contribution in [1.29, 1.82) is 0 Å². The van der Waals surface area contributed by atoms with Gasteiger partial charge in [-0.2, -0.15) is 0 Å². The summed E-state index contributed by atoms with van der Waals surface area (Å²) in [5.41, 5.74) is 0. The van der Waals surface area contributed by atoms with Gasteiger partial charge in [0.05, 0.1) is 0 Å². The summed E-state index contributed by atoms with van der Waals surface area (Å²) in [7, 11) is 0. The second-order valence-corrected chi connectivity index (χ2v) is 6.90. The van der Waals surface area contributed by atoms with Crippen LogP contribution in [-0.2, 0) is 0 Å². The minimum Gasteiger partial charge on any atom is -0.106 e. The first-order valence-electron chi connectivity index (χ1n) is 4.65. The molecule has 0 N–H and O–H groups in total. The van der Waals surface area contributed by atoms with Gasteiger partial charge < -0.3 is 0 Å². The second-order valence-electron chi connectivity index (χ2n) is 3.44. The first kappa shape index (κ1) is 13.1. The molecule has 0 aliphatic rings. The van der Waals surface area contributed by atoms with Crippen LogP contribution in [0.25, 0.3) is 0 Å². The largest absolute Gasteiger partial charge is 0.251 e. The molecule has 0 aromatic heterocycles. The molecule has 1 heteroatoms. The quantitative estimate of drug-likeness (QED) is 0.431. The average molecular weight is 158 g/mol. The molecule has 0 aliphatic heterocycles. The van der Waals surface area contributed by atoms with Crippen LogP contribution in [-0.4, -0.2) is 14.1 Å². The molecule has 0 nitrogen and oxygen atoms in total. The van der Waals surface area contributed by atoms with Crippen molar-refractivity contribution in [3.8, 4) is 0 Å². The van der Waals surface area contributed by atoms with E-state index in [4.69, 9.17) is 0 Å². The molecule has 0 fully saturated rings. The summed E-state index contributed by atoms with van der Waals surface area (Å²) in [5.74, 6) is 6.92. The molecule has 0 saturated heterocycles. The second kappa shape index (κ2) is 12.2. The lowest BCUT2D eigenvalue weighted by molar-refractivity contribution is 0.702. The number of hydrogen-bond donors (Lipinski definition) is 0. The van der Waals surface area contributed by atoms with Gasteiger partial charge in [-0.3, -0.25) is 0 Å². The highest BCUT2D eigenvalue weighted by Gasteiger charge is 1.82. The first-order valence-corrected chi connectivity index (χ1v) is 8.11. The van der Waals surface area contributed by atoms with Crippen LogP contribution in [0.5, 0.6) is 0 Å². The monoisotopic (exact) mass is 158 g/mol. The highest BCUT2D eigenvalue weighted by atomic mass is 27.2. The van der Waals surface area contributed by atoms with E-state index in [1.54, 1.807) is 0 Å². The molecule has 0 heterocycles. The summed E-state index contributed by atoms with van der Waals surface area (Å²) in [6.45, 7) is 4.46. The molecule has 0 radical (unpaired) electrons. The highest BCUT2D eigenvalue weighted by molar-refractivity contribution is 6.54. The highest BCUT2D eigenvalue weighted by Crippen LogP contribution is 1.95. The Morgan fingerprint density at radius 1 is 0.800 bits per heavy atom. The zero-order valence-electron chi connectivity index (χ0n) is 8.41. The van der Waals surface area contributed by atoms with E-state index in [0.29, 0.717) is 0 Å². The van der Waals surface area contributed by atoms with Crippen LogP contribution in [0.1, 0.15) is 39.5 Å². The normalized spacial score (nSPS) is 8.10. The van der Waals surface area contributed by atoms with Crippen molar-refractivity contribution in [2.24, 2.45) is 0 Å². The molecule has 0 bridgehead atoms. The molecule has 0 atom stereocenters. The van der Waals surface area contributed by atoms with E-state index in [1.807, 2.05) is 0 Å². The minimum absolute atomic E-state index is 0.139. The van der Waals surface area contributed by atoms with E-state index in [2.05, 4.69) is 31.2 Å². The summed E-state index contributed by atoms with van der Waals surface area (Å²) in [6.07, 6.45) is 5.54.